The summed E-state index contributed by atoms with van der Waals surface area (Å²) < 4.78 is 5.10. The van der Waals surface area contributed by atoms with Crippen molar-refractivity contribution in [2.75, 3.05) is 20.2 Å². The molecule has 0 saturated heterocycles. The van der Waals surface area contributed by atoms with Gasteiger partial charge in [-0.05, 0) is 54.9 Å². The molecule has 2 aromatic carbocycles. The molecule has 1 amide bonds. The maximum Gasteiger partial charge on any atom is 0.220 e. The molecule has 0 atom stereocenters. The van der Waals surface area contributed by atoms with E-state index < -0.39 is 0 Å². The van der Waals surface area contributed by atoms with E-state index in [0.29, 0.717) is 31.4 Å². The van der Waals surface area contributed by atoms with Crippen molar-refractivity contribution in [2.45, 2.75) is 46.2 Å². The van der Waals surface area contributed by atoms with E-state index in [1.807, 2.05) is 12.1 Å². The topological polar surface area (TPSA) is 58.6 Å². The summed E-state index contributed by atoms with van der Waals surface area (Å²) in [7, 11) is 1.59. The van der Waals surface area contributed by atoms with Crippen molar-refractivity contribution in [3.8, 4) is 5.75 Å². The van der Waals surface area contributed by atoms with E-state index in [2.05, 4.69) is 36.2 Å². The van der Waals surface area contributed by atoms with E-state index in [1.54, 1.807) is 31.4 Å². The van der Waals surface area contributed by atoms with Gasteiger partial charge in [0.2, 0.25) is 5.91 Å². The number of hydrogen-bond acceptors (Lipinski definition) is 4. The minimum atomic E-state index is -0.0230. The molecule has 0 aliphatic rings. The zero-order valence-corrected chi connectivity index (χ0v) is 17.7. The molecule has 2 aromatic rings. The van der Waals surface area contributed by atoms with Crippen LogP contribution in [0.15, 0.2) is 48.5 Å². The lowest BCUT2D eigenvalue weighted by molar-refractivity contribution is -0.121. The summed E-state index contributed by atoms with van der Waals surface area (Å²) in [6, 6.07) is 15.3. The Morgan fingerprint density at radius 1 is 0.931 bits per heavy atom. The van der Waals surface area contributed by atoms with Crippen molar-refractivity contribution in [3.05, 3.63) is 65.2 Å². The van der Waals surface area contributed by atoms with Gasteiger partial charge in [0, 0.05) is 31.5 Å². The second kappa shape index (κ2) is 12.0. The molecule has 0 spiro atoms. The summed E-state index contributed by atoms with van der Waals surface area (Å²) in [4.78, 5) is 26.8. The van der Waals surface area contributed by atoms with Crippen molar-refractivity contribution >= 4 is 11.7 Å². The monoisotopic (exact) mass is 396 g/mol. The van der Waals surface area contributed by atoms with Gasteiger partial charge in [-0.15, -0.1) is 0 Å². The molecule has 5 heteroatoms. The Morgan fingerprint density at radius 2 is 1.59 bits per heavy atom. The first-order valence-electron chi connectivity index (χ1n) is 10.3. The summed E-state index contributed by atoms with van der Waals surface area (Å²) in [6.07, 6.45) is 1.25. The minimum Gasteiger partial charge on any atom is -0.497 e. The molecule has 5 nitrogen and oxygen atoms in total. The van der Waals surface area contributed by atoms with E-state index in [9.17, 15) is 9.59 Å². The number of nitrogens with zero attached hydrogens (tertiary/aromatic N) is 1. The first-order valence-corrected chi connectivity index (χ1v) is 10.3. The molecule has 0 bridgehead atoms. The van der Waals surface area contributed by atoms with Crippen LogP contribution in [0.2, 0.25) is 0 Å². The summed E-state index contributed by atoms with van der Waals surface area (Å²) in [5.74, 6) is 0.748. The molecule has 0 fully saturated rings. The van der Waals surface area contributed by atoms with Gasteiger partial charge in [0.1, 0.15) is 5.75 Å². The molecule has 1 N–H and O–H groups in total. The quantitative estimate of drug-likeness (QED) is 0.546. The number of carbonyl (C=O) groups is 2. The van der Waals surface area contributed by atoms with Gasteiger partial charge in [0.05, 0.1) is 7.11 Å². The van der Waals surface area contributed by atoms with Crippen LogP contribution in [-0.4, -0.2) is 36.8 Å². The molecule has 2 rings (SSSR count). The average Bonchev–Trinajstić information content (AvgIpc) is 2.76. The molecular weight excluding hydrogens is 364 g/mol. The number of rotatable bonds is 12. The number of ether oxygens (including phenoxy) is 1. The molecular formula is C24H32N2O3. The van der Waals surface area contributed by atoms with Gasteiger partial charge < -0.3 is 10.1 Å². The third-order valence-electron chi connectivity index (χ3n) is 5.10. The van der Waals surface area contributed by atoms with Crippen molar-refractivity contribution in [3.63, 3.8) is 0 Å². The smallest absolute Gasteiger partial charge is 0.220 e. The van der Waals surface area contributed by atoms with E-state index in [0.717, 1.165) is 30.9 Å². The highest BCUT2D eigenvalue weighted by molar-refractivity contribution is 5.96. The van der Waals surface area contributed by atoms with Crippen LogP contribution in [0.4, 0.5) is 0 Å². The van der Waals surface area contributed by atoms with Gasteiger partial charge in [-0.3, -0.25) is 14.5 Å². The van der Waals surface area contributed by atoms with Crippen molar-refractivity contribution < 1.29 is 14.3 Å². The molecule has 0 heterocycles. The Hall–Kier alpha value is -2.66. The van der Waals surface area contributed by atoms with Gasteiger partial charge in [-0.25, -0.2) is 0 Å². The first kappa shape index (κ1) is 22.6. The van der Waals surface area contributed by atoms with E-state index in [-0.39, 0.29) is 11.7 Å². The summed E-state index contributed by atoms with van der Waals surface area (Å²) in [5.41, 5.74) is 3.03. The number of ketones is 1. The number of nitrogens with one attached hydrogen (secondary N) is 1. The Labute approximate surface area is 174 Å². The zero-order chi connectivity index (χ0) is 21.1. The lowest BCUT2D eigenvalue weighted by atomic mass is 10.0. The molecule has 0 aliphatic carbocycles. The third kappa shape index (κ3) is 7.35. The van der Waals surface area contributed by atoms with Crippen molar-refractivity contribution in [1.29, 1.82) is 0 Å². The second-order valence-corrected chi connectivity index (χ2v) is 7.01. The van der Waals surface area contributed by atoms with Crippen LogP contribution in [0.3, 0.4) is 0 Å². The molecule has 0 aliphatic heterocycles. The normalized spacial score (nSPS) is 10.8. The highest BCUT2D eigenvalue weighted by Gasteiger charge is 2.10. The number of carbonyl (C=O) groups excluding carboxylic acids is 2. The lowest BCUT2D eigenvalue weighted by Crippen LogP contribution is -2.26. The van der Waals surface area contributed by atoms with Crippen LogP contribution in [0.5, 0.6) is 5.75 Å². The van der Waals surface area contributed by atoms with Crippen LogP contribution in [-0.2, 0) is 17.9 Å². The predicted octanol–water partition coefficient (Wildman–Crippen LogP) is 4.21. The van der Waals surface area contributed by atoms with Crippen LogP contribution in [0.1, 0.15) is 54.6 Å². The summed E-state index contributed by atoms with van der Waals surface area (Å²) in [5, 5.41) is 2.99. The Bertz CT molecular complexity index is 783. The van der Waals surface area contributed by atoms with E-state index >= 15 is 0 Å². The SMILES string of the molecule is CCN(CC)Cc1ccccc1CNC(=O)CCCC(=O)c1ccc(OC)cc1. The largest absolute Gasteiger partial charge is 0.497 e. The average molecular weight is 397 g/mol. The molecule has 0 aromatic heterocycles. The number of hydrogen-bond donors (Lipinski definition) is 1. The Morgan fingerprint density at radius 3 is 2.21 bits per heavy atom. The molecule has 0 unspecified atom stereocenters. The summed E-state index contributed by atoms with van der Waals surface area (Å²) in [6.45, 7) is 7.71. The zero-order valence-electron chi connectivity index (χ0n) is 17.7. The lowest BCUT2D eigenvalue weighted by Gasteiger charge is -2.20. The third-order valence-corrected chi connectivity index (χ3v) is 5.10. The highest BCUT2D eigenvalue weighted by atomic mass is 16.5. The van der Waals surface area contributed by atoms with Gasteiger partial charge >= 0.3 is 0 Å². The molecule has 29 heavy (non-hydrogen) atoms. The van der Waals surface area contributed by atoms with Crippen LogP contribution < -0.4 is 10.1 Å². The highest BCUT2D eigenvalue weighted by Crippen LogP contribution is 2.14. The maximum absolute atomic E-state index is 12.2. The summed E-state index contributed by atoms with van der Waals surface area (Å²) >= 11 is 0. The van der Waals surface area contributed by atoms with Crippen LogP contribution >= 0.6 is 0 Å². The standard InChI is InChI=1S/C24H32N2O3/c1-4-26(5-2)18-21-10-7-6-9-20(21)17-25-24(28)12-8-11-23(27)19-13-15-22(29-3)16-14-19/h6-7,9-10,13-16H,4-5,8,11-12,17-18H2,1-3H3,(H,25,28). The molecule has 156 valence electrons. The van der Waals surface area contributed by atoms with E-state index in [1.165, 1.54) is 5.56 Å². The first-order chi connectivity index (χ1) is 14.1. The fraction of sp³-hybridized carbons (Fsp3) is 0.417. The number of methoxy groups -OCH3 is 1. The maximum atomic E-state index is 12.2. The number of benzene rings is 2. The predicted molar refractivity (Wildman–Crippen MR) is 116 cm³/mol. The Balaban J connectivity index is 1.78. The second-order valence-electron chi connectivity index (χ2n) is 7.01. The van der Waals surface area contributed by atoms with Crippen molar-refractivity contribution in [1.82, 2.24) is 10.2 Å². The van der Waals surface area contributed by atoms with Gasteiger partial charge in [-0.1, -0.05) is 38.1 Å². The minimum absolute atomic E-state index is 0.0230. The number of amides is 1. The number of Topliss-reactive ketones (excluding diaryl/α,β-unsaturated/α-hetero) is 1. The molecule has 0 saturated carbocycles. The van der Waals surface area contributed by atoms with E-state index in [4.69, 9.17) is 4.74 Å². The van der Waals surface area contributed by atoms with Gasteiger partial charge in [-0.2, -0.15) is 0 Å². The van der Waals surface area contributed by atoms with Crippen molar-refractivity contribution in [2.24, 2.45) is 0 Å². The molecule has 0 radical (unpaired) electrons. The Kier molecular flexibility index (Phi) is 9.38. The fourth-order valence-electron chi connectivity index (χ4n) is 3.19. The fourth-order valence-corrected chi connectivity index (χ4v) is 3.19. The van der Waals surface area contributed by atoms with Gasteiger partial charge in [0.15, 0.2) is 5.78 Å². The van der Waals surface area contributed by atoms with Crippen LogP contribution in [0.25, 0.3) is 0 Å². The van der Waals surface area contributed by atoms with Gasteiger partial charge in [0.25, 0.3) is 0 Å². The van der Waals surface area contributed by atoms with Crippen LogP contribution in [0, 0.1) is 0 Å².